The molecule has 3 atom stereocenters. The average molecular weight is 252 g/mol. The minimum atomic E-state index is -0.172. The molecule has 2 heterocycles. The van der Waals surface area contributed by atoms with Crippen LogP contribution in [-0.2, 0) is 11.3 Å². The molecule has 1 aromatic heterocycles. The van der Waals surface area contributed by atoms with Gasteiger partial charge in [0, 0.05) is 24.6 Å². The maximum Gasteiger partial charge on any atom is 0.150 e. The Bertz CT molecular complexity index is 368. The highest BCUT2D eigenvalue weighted by molar-refractivity contribution is 4.96. The second-order valence-electron chi connectivity index (χ2n) is 5.25. The number of ether oxygens (including phenoxy) is 1. The Morgan fingerprint density at radius 1 is 1.44 bits per heavy atom. The van der Waals surface area contributed by atoms with Gasteiger partial charge in [-0.05, 0) is 12.8 Å². The number of rotatable bonds is 3. The molecule has 0 radical (unpaired) electrons. The zero-order chi connectivity index (χ0) is 12.4. The summed E-state index contributed by atoms with van der Waals surface area (Å²) < 4.78 is 10.8. The van der Waals surface area contributed by atoms with Crippen LogP contribution in [0.5, 0.6) is 0 Å². The Kier molecular flexibility index (Phi) is 3.63. The molecule has 0 aromatic carbocycles. The maximum absolute atomic E-state index is 10.1. The van der Waals surface area contributed by atoms with Crippen LogP contribution in [0, 0.1) is 5.92 Å². The van der Waals surface area contributed by atoms with E-state index >= 15 is 0 Å². The fraction of sp³-hybridized carbons (Fsp3) is 0.769. The van der Waals surface area contributed by atoms with Gasteiger partial charge < -0.3 is 14.4 Å². The van der Waals surface area contributed by atoms with Crippen LogP contribution in [0.1, 0.15) is 25.0 Å². The molecule has 1 aromatic rings. The maximum atomic E-state index is 10.1. The monoisotopic (exact) mass is 252 g/mol. The molecule has 1 aliphatic heterocycles. The van der Waals surface area contributed by atoms with Crippen LogP contribution in [0.25, 0.3) is 0 Å². The minimum absolute atomic E-state index is 0.172. The van der Waals surface area contributed by atoms with Gasteiger partial charge >= 0.3 is 0 Å². The molecule has 3 rings (SSSR count). The van der Waals surface area contributed by atoms with E-state index in [1.165, 1.54) is 0 Å². The lowest BCUT2D eigenvalue weighted by Crippen LogP contribution is -2.50. The molecule has 1 saturated carbocycles. The van der Waals surface area contributed by atoms with Crippen molar-refractivity contribution in [2.75, 3.05) is 19.8 Å². The highest BCUT2D eigenvalue weighted by atomic mass is 16.5. The van der Waals surface area contributed by atoms with E-state index < -0.39 is 0 Å². The number of hydrogen-bond acceptors (Lipinski definition) is 5. The third-order valence-electron chi connectivity index (χ3n) is 4.16. The topological polar surface area (TPSA) is 58.7 Å². The summed E-state index contributed by atoms with van der Waals surface area (Å²) in [5, 5.41) is 13.8. The standard InChI is InChI=1S/C13H20N2O3/c16-13-3-1-2-11(13)12-9-17-7-6-15(12)8-10-4-5-14-18-10/h4-5,11-13,16H,1-3,6-9H2/t11-,12-,13+/m0/s1. The van der Waals surface area contributed by atoms with E-state index in [-0.39, 0.29) is 6.10 Å². The lowest BCUT2D eigenvalue weighted by molar-refractivity contribution is -0.0561. The van der Waals surface area contributed by atoms with Crippen molar-refractivity contribution in [3.8, 4) is 0 Å². The Balaban J connectivity index is 1.69. The summed E-state index contributed by atoms with van der Waals surface area (Å²) in [6.45, 7) is 3.13. The minimum Gasteiger partial charge on any atom is -0.393 e. The number of nitrogens with zero attached hydrogens (tertiary/aromatic N) is 2. The number of aromatic nitrogens is 1. The Morgan fingerprint density at radius 3 is 3.11 bits per heavy atom. The van der Waals surface area contributed by atoms with Crippen molar-refractivity contribution in [2.45, 2.75) is 38.0 Å². The fourth-order valence-electron chi connectivity index (χ4n) is 3.19. The number of hydrogen-bond donors (Lipinski definition) is 1. The smallest absolute Gasteiger partial charge is 0.150 e. The molecule has 0 amide bonds. The Labute approximate surface area is 107 Å². The molecule has 5 heteroatoms. The summed E-state index contributed by atoms with van der Waals surface area (Å²) in [7, 11) is 0. The molecular weight excluding hydrogens is 232 g/mol. The quantitative estimate of drug-likeness (QED) is 0.871. The van der Waals surface area contributed by atoms with Crippen molar-refractivity contribution in [1.82, 2.24) is 10.1 Å². The van der Waals surface area contributed by atoms with E-state index in [4.69, 9.17) is 9.26 Å². The normalized spacial score (nSPS) is 33.9. The third kappa shape index (κ3) is 2.43. The van der Waals surface area contributed by atoms with Crippen LogP contribution in [0.15, 0.2) is 16.8 Å². The average Bonchev–Trinajstić information content (AvgIpc) is 3.02. The van der Waals surface area contributed by atoms with E-state index in [1.54, 1.807) is 6.20 Å². The molecule has 0 bridgehead atoms. The molecule has 1 N–H and O–H groups in total. The lowest BCUT2D eigenvalue weighted by atomic mass is 9.94. The van der Waals surface area contributed by atoms with Gasteiger partial charge in [-0.3, -0.25) is 4.90 Å². The summed E-state index contributed by atoms with van der Waals surface area (Å²) in [5.41, 5.74) is 0. The van der Waals surface area contributed by atoms with Gasteiger partial charge in [0.05, 0.1) is 32.1 Å². The lowest BCUT2D eigenvalue weighted by Gasteiger charge is -2.39. The van der Waals surface area contributed by atoms with Crippen LogP contribution < -0.4 is 0 Å². The molecule has 2 fully saturated rings. The zero-order valence-electron chi connectivity index (χ0n) is 10.5. The van der Waals surface area contributed by atoms with Gasteiger partial charge in [-0.1, -0.05) is 11.6 Å². The van der Waals surface area contributed by atoms with Gasteiger partial charge in [0.2, 0.25) is 0 Å². The van der Waals surface area contributed by atoms with Gasteiger partial charge in [0.25, 0.3) is 0 Å². The van der Waals surface area contributed by atoms with Crippen LogP contribution in [0.4, 0.5) is 0 Å². The van der Waals surface area contributed by atoms with Crippen LogP contribution in [0.2, 0.25) is 0 Å². The number of morpholine rings is 1. The van der Waals surface area contributed by atoms with Crippen molar-refractivity contribution in [3.63, 3.8) is 0 Å². The predicted octanol–water partition coefficient (Wildman–Crippen LogP) is 1.04. The van der Waals surface area contributed by atoms with Crippen molar-refractivity contribution >= 4 is 0 Å². The Morgan fingerprint density at radius 2 is 2.39 bits per heavy atom. The predicted molar refractivity (Wildman–Crippen MR) is 64.9 cm³/mol. The van der Waals surface area contributed by atoms with E-state index in [9.17, 15) is 5.11 Å². The fourth-order valence-corrected chi connectivity index (χ4v) is 3.19. The molecule has 18 heavy (non-hydrogen) atoms. The summed E-state index contributed by atoms with van der Waals surface area (Å²) in [4.78, 5) is 2.36. The van der Waals surface area contributed by atoms with E-state index in [0.29, 0.717) is 12.0 Å². The third-order valence-corrected chi connectivity index (χ3v) is 4.16. The Hall–Kier alpha value is -0.910. The van der Waals surface area contributed by atoms with Crippen molar-refractivity contribution in [3.05, 3.63) is 18.0 Å². The van der Waals surface area contributed by atoms with Crippen LogP contribution >= 0.6 is 0 Å². The molecule has 100 valence electrons. The van der Waals surface area contributed by atoms with Crippen molar-refractivity contribution in [1.29, 1.82) is 0 Å². The van der Waals surface area contributed by atoms with Gasteiger partial charge in [-0.25, -0.2) is 0 Å². The first-order valence-corrected chi connectivity index (χ1v) is 6.74. The van der Waals surface area contributed by atoms with Crippen molar-refractivity contribution in [2.24, 2.45) is 5.92 Å². The van der Waals surface area contributed by atoms with Gasteiger partial charge in [-0.15, -0.1) is 0 Å². The van der Waals surface area contributed by atoms with Crippen LogP contribution in [-0.4, -0.2) is 47.1 Å². The van der Waals surface area contributed by atoms with Crippen LogP contribution in [0.3, 0.4) is 0 Å². The van der Waals surface area contributed by atoms with Crippen molar-refractivity contribution < 1.29 is 14.4 Å². The molecule has 0 spiro atoms. The first-order valence-electron chi connectivity index (χ1n) is 6.74. The van der Waals surface area contributed by atoms with E-state index in [0.717, 1.165) is 51.3 Å². The van der Waals surface area contributed by atoms with E-state index in [1.807, 2.05) is 6.07 Å². The molecule has 0 unspecified atom stereocenters. The first-order chi connectivity index (χ1) is 8.84. The molecule has 1 aliphatic carbocycles. The summed E-state index contributed by atoms with van der Waals surface area (Å²) >= 11 is 0. The SMILES string of the molecule is O[C@@H]1CCC[C@H]1[C@@H]1COCCN1Cc1ccno1. The zero-order valence-corrected chi connectivity index (χ0v) is 10.5. The highest BCUT2D eigenvalue weighted by Crippen LogP contribution is 2.32. The second kappa shape index (κ2) is 5.38. The number of aliphatic hydroxyl groups is 1. The summed E-state index contributed by atoms with van der Waals surface area (Å²) in [6.07, 6.45) is 4.65. The van der Waals surface area contributed by atoms with Gasteiger partial charge in [0.15, 0.2) is 5.76 Å². The first kappa shape index (κ1) is 12.1. The summed E-state index contributed by atoms with van der Waals surface area (Å²) in [5.74, 6) is 1.22. The largest absolute Gasteiger partial charge is 0.393 e. The molecule has 2 aliphatic rings. The number of aliphatic hydroxyl groups excluding tert-OH is 1. The van der Waals surface area contributed by atoms with Gasteiger partial charge in [-0.2, -0.15) is 0 Å². The summed E-state index contributed by atoms with van der Waals surface area (Å²) in [6, 6.07) is 2.21. The second-order valence-corrected chi connectivity index (χ2v) is 5.25. The molecular formula is C13H20N2O3. The van der Waals surface area contributed by atoms with Gasteiger partial charge in [0.1, 0.15) is 0 Å². The highest BCUT2D eigenvalue weighted by Gasteiger charge is 2.37. The van der Waals surface area contributed by atoms with E-state index in [2.05, 4.69) is 10.1 Å². The molecule has 1 saturated heterocycles. The molecule has 5 nitrogen and oxygen atoms in total.